The number of rotatable bonds is 7. The summed E-state index contributed by atoms with van der Waals surface area (Å²) < 4.78 is 2.03. The first kappa shape index (κ1) is 18.3. The van der Waals surface area contributed by atoms with E-state index >= 15 is 0 Å². The molecule has 1 amide bonds. The van der Waals surface area contributed by atoms with Gasteiger partial charge in [0.15, 0.2) is 0 Å². The van der Waals surface area contributed by atoms with Gasteiger partial charge in [0.25, 0.3) is 0 Å². The molecule has 4 aromatic rings. The Kier molecular flexibility index (Phi) is 5.73. The van der Waals surface area contributed by atoms with E-state index in [-0.39, 0.29) is 5.91 Å². The third-order valence-corrected chi connectivity index (χ3v) is 5.52. The Bertz CT molecular complexity index is 1060. The molecule has 140 valence electrons. The third kappa shape index (κ3) is 4.81. The van der Waals surface area contributed by atoms with Crippen LogP contribution < -0.4 is 5.32 Å². The first-order valence-corrected chi connectivity index (χ1v) is 10.2. The van der Waals surface area contributed by atoms with Crippen molar-refractivity contribution in [2.45, 2.75) is 18.0 Å². The highest BCUT2D eigenvalue weighted by Crippen LogP contribution is 2.23. The largest absolute Gasteiger partial charge is 0.351 e. The minimum atomic E-state index is 0.0423. The molecule has 28 heavy (non-hydrogen) atoms. The number of hydrogen-bond acceptors (Lipinski definition) is 3. The molecule has 0 saturated carbocycles. The van der Waals surface area contributed by atoms with E-state index in [2.05, 4.69) is 64.9 Å². The Balaban J connectivity index is 1.25. The zero-order valence-electron chi connectivity index (χ0n) is 15.4. The molecular formula is C23H21N3OS. The van der Waals surface area contributed by atoms with Crippen molar-refractivity contribution in [1.29, 1.82) is 0 Å². The number of nitrogens with zero attached hydrogens (tertiary/aromatic N) is 2. The summed E-state index contributed by atoms with van der Waals surface area (Å²) in [5.74, 6) is 0.456. The molecule has 0 radical (unpaired) electrons. The number of carbonyl (C=O) groups excluding carboxylic acids is 1. The molecule has 1 heterocycles. The van der Waals surface area contributed by atoms with Gasteiger partial charge < -0.3 is 9.88 Å². The van der Waals surface area contributed by atoms with Crippen LogP contribution in [0.15, 0.2) is 90.3 Å². The van der Waals surface area contributed by atoms with Gasteiger partial charge >= 0.3 is 0 Å². The van der Waals surface area contributed by atoms with Crippen LogP contribution in [-0.2, 0) is 17.9 Å². The number of nitrogens with one attached hydrogen (secondary N) is 1. The number of benzene rings is 3. The lowest BCUT2D eigenvalue weighted by molar-refractivity contribution is -0.118. The number of aromatic nitrogens is 2. The monoisotopic (exact) mass is 387 g/mol. The molecule has 5 heteroatoms. The van der Waals surface area contributed by atoms with Crippen LogP contribution >= 0.6 is 11.8 Å². The van der Waals surface area contributed by atoms with Gasteiger partial charge in [-0.25, -0.2) is 4.98 Å². The fourth-order valence-corrected chi connectivity index (χ4v) is 3.79. The lowest BCUT2D eigenvalue weighted by Gasteiger charge is -2.08. The van der Waals surface area contributed by atoms with Gasteiger partial charge in [-0.05, 0) is 34.0 Å². The van der Waals surface area contributed by atoms with Gasteiger partial charge in [-0.1, -0.05) is 54.6 Å². The van der Waals surface area contributed by atoms with E-state index in [4.69, 9.17) is 0 Å². The van der Waals surface area contributed by atoms with E-state index in [1.54, 1.807) is 24.3 Å². The molecule has 0 aliphatic heterocycles. The third-order valence-electron chi connectivity index (χ3n) is 4.53. The second kappa shape index (κ2) is 8.76. The molecular weight excluding hydrogens is 366 g/mol. The van der Waals surface area contributed by atoms with Gasteiger partial charge in [0.05, 0.1) is 12.1 Å². The van der Waals surface area contributed by atoms with Crippen LogP contribution in [0.5, 0.6) is 0 Å². The quantitative estimate of drug-likeness (QED) is 0.475. The van der Waals surface area contributed by atoms with E-state index in [1.165, 1.54) is 16.3 Å². The number of amides is 1. The first-order chi connectivity index (χ1) is 13.8. The van der Waals surface area contributed by atoms with Crippen molar-refractivity contribution < 1.29 is 4.79 Å². The van der Waals surface area contributed by atoms with E-state index in [0.29, 0.717) is 12.3 Å². The second-order valence-corrected chi connectivity index (χ2v) is 7.67. The number of imidazole rings is 1. The second-order valence-electron chi connectivity index (χ2n) is 6.63. The first-order valence-electron chi connectivity index (χ1n) is 9.18. The average Bonchev–Trinajstić information content (AvgIpc) is 3.24. The molecule has 0 saturated heterocycles. The molecule has 0 atom stereocenters. The number of hydrogen-bond donors (Lipinski definition) is 1. The van der Waals surface area contributed by atoms with Crippen molar-refractivity contribution in [3.8, 4) is 0 Å². The maximum atomic E-state index is 12.2. The fourth-order valence-electron chi connectivity index (χ4n) is 3.01. The van der Waals surface area contributed by atoms with Gasteiger partial charge in [-0.3, -0.25) is 4.79 Å². The number of fused-ring (bicyclic) bond motifs is 1. The molecule has 3 aromatic carbocycles. The molecule has 1 aromatic heterocycles. The van der Waals surface area contributed by atoms with Gasteiger partial charge in [0.2, 0.25) is 5.91 Å². The van der Waals surface area contributed by atoms with Crippen LogP contribution in [0.1, 0.15) is 11.1 Å². The maximum Gasteiger partial charge on any atom is 0.230 e. The Morgan fingerprint density at radius 1 is 0.964 bits per heavy atom. The SMILES string of the molecule is O=C(CSc1ccc2ccccc2c1)NCc1ccc(Cn2ccnc2)cc1. The maximum absolute atomic E-state index is 12.2. The molecule has 4 rings (SSSR count). The van der Waals surface area contributed by atoms with E-state index in [1.807, 2.05) is 22.9 Å². The molecule has 0 aliphatic rings. The summed E-state index contributed by atoms with van der Waals surface area (Å²) in [7, 11) is 0. The van der Waals surface area contributed by atoms with Crippen LogP contribution in [0.3, 0.4) is 0 Å². The van der Waals surface area contributed by atoms with E-state index in [9.17, 15) is 4.79 Å². The van der Waals surface area contributed by atoms with Crippen molar-refractivity contribution in [2.75, 3.05) is 5.75 Å². The summed E-state index contributed by atoms with van der Waals surface area (Å²) >= 11 is 1.56. The molecule has 1 N–H and O–H groups in total. The number of thioether (sulfide) groups is 1. The smallest absolute Gasteiger partial charge is 0.230 e. The van der Waals surface area contributed by atoms with Crippen LogP contribution in [0.25, 0.3) is 10.8 Å². The summed E-state index contributed by atoms with van der Waals surface area (Å²) in [5, 5.41) is 5.41. The molecule has 4 nitrogen and oxygen atoms in total. The lowest BCUT2D eigenvalue weighted by Crippen LogP contribution is -2.24. The summed E-state index contributed by atoms with van der Waals surface area (Å²) in [4.78, 5) is 17.4. The Morgan fingerprint density at radius 3 is 2.54 bits per heavy atom. The Morgan fingerprint density at radius 2 is 1.75 bits per heavy atom. The van der Waals surface area contributed by atoms with Gasteiger partial charge in [0, 0.05) is 30.4 Å². The predicted molar refractivity (Wildman–Crippen MR) is 114 cm³/mol. The van der Waals surface area contributed by atoms with Crippen molar-refractivity contribution in [2.24, 2.45) is 0 Å². The molecule has 0 fully saturated rings. The van der Waals surface area contributed by atoms with E-state index < -0.39 is 0 Å². The normalized spacial score (nSPS) is 10.9. The molecule has 0 bridgehead atoms. The van der Waals surface area contributed by atoms with Crippen LogP contribution in [0, 0.1) is 0 Å². The van der Waals surface area contributed by atoms with Crippen LogP contribution in [-0.4, -0.2) is 21.2 Å². The number of carbonyl (C=O) groups is 1. The topological polar surface area (TPSA) is 46.9 Å². The minimum Gasteiger partial charge on any atom is -0.351 e. The van der Waals surface area contributed by atoms with Crippen LogP contribution in [0.2, 0.25) is 0 Å². The van der Waals surface area contributed by atoms with Crippen molar-refractivity contribution in [3.05, 3.63) is 96.6 Å². The Labute approximate surface area is 168 Å². The summed E-state index contributed by atoms with van der Waals surface area (Å²) in [6, 6.07) is 22.8. The summed E-state index contributed by atoms with van der Waals surface area (Å²) in [6.07, 6.45) is 5.53. The fraction of sp³-hybridized carbons (Fsp3) is 0.130. The van der Waals surface area contributed by atoms with Crippen molar-refractivity contribution in [3.63, 3.8) is 0 Å². The van der Waals surface area contributed by atoms with Gasteiger partial charge in [-0.2, -0.15) is 0 Å². The standard InChI is InChI=1S/C23H21N3OS/c27-23(16-28-22-10-9-20-3-1-2-4-21(20)13-22)25-14-18-5-7-19(8-6-18)15-26-12-11-24-17-26/h1-13,17H,14-16H2,(H,25,27). The molecule has 0 aliphatic carbocycles. The van der Waals surface area contributed by atoms with Crippen molar-refractivity contribution in [1.82, 2.24) is 14.9 Å². The van der Waals surface area contributed by atoms with Crippen LogP contribution in [0.4, 0.5) is 0 Å². The minimum absolute atomic E-state index is 0.0423. The van der Waals surface area contributed by atoms with E-state index in [0.717, 1.165) is 17.0 Å². The summed E-state index contributed by atoms with van der Waals surface area (Å²) in [5.41, 5.74) is 2.30. The highest BCUT2D eigenvalue weighted by Gasteiger charge is 2.04. The highest BCUT2D eigenvalue weighted by atomic mass is 32.2. The lowest BCUT2D eigenvalue weighted by atomic mass is 10.1. The zero-order chi connectivity index (χ0) is 19.2. The predicted octanol–water partition coefficient (Wildman–Crippen LogP) is 4.49. The van der Waals surface area contributed by atoms with Crippen molar-refractivity contribution >= 4 is 28.4 Å². The molecule has 0 spiro atoms. The Hall–Kier alpha value is -3.05. The highest BCUT2D eigenvalue weighted by molar-refractivity contribution is 8.00. The molecule has 0 unspecified atom stereocenters. The average molecular weight is 388 g/mol. The van der Waals surface area contributed by atoms with Gasteiger partial charge in [-0.15, -0.1) is 11.8 Å². The summed E-state index contributed by atoms with van der Waals surface area (Å²) in [6.45, 7) is 1.34. The van der Waals surface area contributed by atoms with Gasteiger partial charge in [0.1, 0.15) is 0 Å². The zero-order valence-corrected chi connectivity index (χ0v) is 16.2.